The van der Waals surface area contributed by atoms with Gasteiger partial charge in [0.1, 0.15) is 24.4 Å². The highest BCUT2D eigenvalue weighted by Gasteiger charge is 2.33. The first kappa shape index (κ1) is 32.5. The molecule has 0 spiro atoms. The maximum atomic E-state index is 13.8. The van der Waals surface area contributed by atoms with E-state index in [0.29, 0.717) is 32.5 Å². The van der Waals surface area contributed by atoms with Crippen molar-refractivity contribution in [3.8, 4) is 5.75 Å². The Hall–Kier alpha value is -4.86. The van der Waals surface area contributed by atoms with Crippen molar-refractivity contribution in [1.29, 1.82) is 0 Å². The van der Waals surface area contributed by atoms with Crippen LogP contribution in [0.25, 0.3) is 0 Å². The van der Waals surface area contributed by atoms with Gasteiger partial charge in [0, 0.05) is 19.6 Å². The maximum Gasteiger partial charge on any atom is 0.408 e. The third kappa shape index (κ3) is 9.32. The number of hydrogen-bond acceptors (Lipinski definition) is 6. The average molecular weight is 627 g/mol. The van der Waals surface area contributed by atoms with Gasteiger partial charge in [0.05, 0.1) is 13.0 Å². The summed E-state index contributed by atoms with van der Waals surface area (Å²) < 4.78 is 11.4. The van der Waals surface area contributed by atoms with E-state index >= 15 is 0 Å². The van der Waals surface area contributed by atoms with Crippen LogP contribution in [0.4, 0.5) is 4.79 Å². The fourth-order valence-electron chi connectivity index (χ4n) is 5.79. The molecule has 4 bridgehead atoms. The summed E-state index contributed by atoms with van der Waals surface area (Å²) in [6, 6.07) is 22.5. The summed E-state index contributed by atoms with van der Waals surface area (Å²) >= 11 is 0. The van der Waals surface area contributed by atoms with E-state index in [9.17, 15) is 19.2 Å². The molecule has 3 atom stereocenters. The number of aryl methyl sites for hydroxylation is 2. The van der Waals surface area contributed by atoms with Crippen LogP contribution in [0.2, 0.25) is 0 Å². The summed E-state index contributed by atoms with van der Waals surface area (Å²) in [4.78, 5) is 55.4. The number of carbonyl (C=O) groups excluding carboxylic acids is 4. The summed E-state index contributed by atoms with van der Waals surface area (Å²) in [5.41, 5.74) is 3.73. The van der Waals surface area contributed by atoms with Gasteiger partial charge in [0.15, 0.2) is 0 Å². The number of benzene rings is 3. The van der Waals surface area contributed by atoms with E-state index in [1.54, 1.807) is 4.90 Å². The van der Waals surface area contributed by atoms with E-state index in [-0.39, 0.29) is 37.3 Å². The standard InChI is InChI=1S/C36H42N4O6/c1-25-12-14-30-20-29(25)22-37-34(42)31(15-13-26-8-4-2-5-9-26)38-35(43)32(39-36(44)46-24-28-10-6-3-7-11-28)21-33(41)40-18-16-27(23-40)17-19-45-30/h2-12,14,20,27,31-32H,13,15-19,21-24H2,1H3,(H,37,42)(H,38,43)(H,39,44)/t27?,31-,32-/m0/s1. The molecule has 242 valence electrons. The molecule has 3 aromatic rings. The van der Waals surface area contributed by atoms with Gasteiger partial charge in [-0.1, -0.05) is 66.7 Å². The van der Waals surface area contributed by atoms with Crippen molar-refractivity contribution < 1.29 is 28.7 Å². The first-order valence-electron chi connectivity index (χ1n) is 15.9. The second-order valence-corrected chi connectivity index (χ2v) is 12.0. The number of ether oxygens (including phenoxy) is 2. The van der Waals surface area contributed by atoms with Crippen molar-refractivity contribution in [1.82, 2.24) is 20.9 Å². The number of amides is 4. The zero-order chi connectivity index (χ0) is 32.3. The van der Waals surface area contributed by atoms with Crippen LogP contribution in [0, 0.1) is 12.8 Å². The molecule has 46 heavy (non-hydrogen) atoms. The molecule has 3 aromatic carbocycles. The summed E-state index contributed by atoms with van der Waals surface area (Å²) in [7, 11) is 0. The SMILES string of the molecule is Cc1ccc2cc1CNC(=O)[C@H](CCc1ccccc1)NC(=O)[C@@H](NC(=O)OCc1ccccc1)CC(=O)N1CCC(CCO2)C1. The highest BCUT2D eigenvalue weighted by atomic mass is 16.5. The fourth-order valence-corrected chi connectivity index (χ4v) is 5.79. The van der Waals surface area contributed by atoms with Crippen LogP contribution in [0.3, 0.4) is 0 Å². The molecule has 0 aromatic heterocycles. The Labute approximate surface area is 269 Å². The van der Waals surface area contributed by atoms with Gasteiger partial charge >= 0.3 is 6.09 Å². The lowest BCUT2D eigenvalue weighted by atomic mass is 10.0. The molecule has 4 amide bonds. The van der Waals surface area contributed by atoms with Crippen LogP contribution in [0.1, 0.15) is 47.9 Å². The fraction of sp³-hybridized carbons (Fsp3) is 0.389. The zero-order valence-electron chi connectivity index (χ0n) is 26.2. The Kier molecular flexibility index (Phi) is 11.3. The first-order chi connectivity index (χ1) is 22.3. The molecule has 0 radical (unpaired) electrons. The Morgan fingerprint density at radius 2 is 1.70 bits per heavy atom. The van der Waals surface area contributed by atoms with Crippen LogP contribution >= 0.6 is 0 Å². The number of carbonyl (C=O) groups is 4. The molecular weight excluding hydrogens is 584 g/mol. The van der Waals surface area contributed by atoms with Crippen LogP contribution < -0.4 is 20.7 Å². The van der Waals surface area contributed by atoms with E-state index in [0.717, 1.165) is 40.8 Å². The van der Waals surface area contributed by atoms with Crippen LogP contribution in [-0.2, 0) is 38.7 Å². The molecule has 10 nitrogen and oxygen atoms in total. The largest absolute Gasteiger partial charge is 0.494 e. The molecule has 10 heteroatoms. The van der Waals surface area contributed by atoms with Gasteiger partial charge < -0.3 is 30.3 Å². The molecule has 5 rings (SSSR count). The normalized spacial score (nSPS) is 20.8. The molecule has 1 unspecified atom stereocenters. The number of fused-ring (bicyclic) bond motifs is 4. The highest BCUT2D eigenvalue weighted by molar-refractivity contribution is 5.94. The average Bonchev–Trinajstić information content (AvgIpc) is 3.55. The minimum absolute atomic E-state index is 0.00750. The molecule has 3 N–H and O–H groups in total. The van der Waals surface area contributed by atoms with Crippen molar-refractivity contribution >= 4 is 23.8 Å². The Morgan fingerprint density at radius 3 is 2.46 bits per heavy atom. The van der Waals surface area contributed by atoms with E-state index in [1.807, 2.05) is 85.8 Å². The van der Waals surface area contributed by atoms with Crippen molar-refractivity contribution in [2.75, 3.05) is 19.7 Å². The van der Waals surface area contributed by atoms with E-state index in [1.165, 1.54) is 0 Å². The van der Waals surface area contributed by atoms with Gasteiger partial charge in [-0.3, -0.25) is 14.4 Å². The molecule has 1 saturated heterocycles. The Morgan fingerprint density at radius 1 is 0.957 bits per heavy atom. The topological polar surface area (TPSA) is 126 Å². The van der Waals surface area contributed by atoms with Crippen LogP contribution in [0.15, 0.2) is 78.9 Å². The molecule has 2 aliphatic heterocycles. The van der Waals surface area contributed by atoms with Gasteiger partial charge in [0.2, 0.25) is 17.7 Å². The lowest BCUT2D eigenvalue weighted by molar-refractivity contribution is -0.135. The van der Waals surface area contributed by atoms with Gasteiger partial charge in [-0.05, 0) is 72.9 Å². The van der Waals surface area contributed by atoms with E-state index in [2.05, 4.69) is 16.0 Å². The summed E-state index contributed by atoms with van der Waals surface area (Å²) in [6.45, 7) is 3.85. The lowest BCUT2D eigenvalue weighted by Crippen LogP contribution is -2.55. The van der Waals surface area contributed by atoms with Crippen molar-refractivity contribution in [3.05, 3.63) is 101 Å². The van der Waals surface area contributed by atoms with Gasteiger partial charge in [-0.25, -0.2) is 4.79 Å². The number of rotatable bonds is 6. The zero-order valence-corrected chi connectivity index (χ0v) is 26.2. The van der Waals surface area contributed by atoms with Crippen molar-refractivity contribution in [2.45, 2.75) is 64.3 Å². The van der Waals surface area contributed by atoms with Crippen LogP contribution in [-0.4, -0.2) is 60.5 Å². The van der Waals surface area contributed by atoms with Crippen molar-refractivity contribution in [2.24, 2.45) is 5.92 Å². The van der Waals surface area contributed by atoms with E-state index < -0.39 is 24.1 Å². The van der Waals surface area contributed by atoms with Gasteiger partial charge in [-0.2, -0.15) is 0 Å². The summed E-state index contributed by atoms with van der Waals surface area (Å²) in [5, 5.41) is 8.41. The smallest absolute Gasteiger partial charge is 0.408 e. The lowest BCUT2D eigenvalue weighted by Gasteiger charge is -2.25. The minimum atomic E-state index is -1.23. The third-order valence-electron chi connectivity index (χ3n) is 8.60. The first-order valence-corrected chi connectivity index (χ1v) is 15.9. The second-order valence-electron chi connectivity index (χ2n) is 12.0. The molecule has 2 aliphatic rings. The minimum Gasteiger partial charge on any atom is -0.494 e. The van der Waals surface area contributed by atoms with Crippen molar-refractivity contribution in [3.63, 3.8) is 0 Å². The van der Waals surface area contributed by atoms with Crippen LogP contribution in [0.5, 0.6) is 5.75 Å². The molecule has 0 saturated carbocycles. The Balaban J connectivity index is 1.36. The predicted molar refractivity (Wildman–Crippen MR) is 173 cm³/mol. The summed E-state index contributed by atoms with van der Waals surface area (Å²) in [5.74, 6) is -0.243. The monoisotopic (exact) mass is 626 g/mol. The molecule has 0 aliphatic carbocycles. The third-order valence-corrected chi connectivity index (χ3v) is 8.60. The Bertz CT molecular complexity index is 1500. The quantitative estimate of drug-likeness (QED) is 0.379. The number of nitrogens with one attached hydrogen (secondary N) is 3. The highest BCUT2D eigenvalue weighted by Crippen LogP contribution is 2.23. The second kappa shape index (κ2) is 15.9. The van der Waals surface area contributed by atoms with Gasteiger partial charge in [0.25, 0.3) is 0 Å². The van der Waals surface area contributed by atoms with E-state index in [4.69, 9.17) is 9.47 Å². The number of hydrogen-bond donors (Lipinski definition) is 3. The number of nitrogens with zero attached hydrogens (tertiary/aromatic N) is 1. The maximum absolute atomic E-state index is 13.8. The predicted octanol–water partition coefficient (Wildman–Crippen LogP) is 4.04. The molecule has 2 heterocycles. The van der Waals surface area contributed by atoms with Gasteiger partial charge in [-0.15, -0.1) is 0 Å². The number of alkyl carbamates (subject to hydrolysis) is 1. The summed E-state index contributed by atoms with van der Waals surface area (Å²) in [6.07, 6.45) is 1.38. The molecule has 1 fully saturated rings. The molecular formula is C36H42N4O6.